The second-order valence-electron chi connectivity index (χ2n) is 12.3. The average molecular weight is 694 g/mol. The van der Waals surface area contributed by atoms with Gasteiger partial charge in [0.25, 0.3) is 12.3 Å². The number of hydrogen-bond acceptors (Lipinski definition) is 9. The van der Waals surface area contributed by atoms with Crippen molar-refractivity contribution in [2.45, 2.75) is 37.2 Å². The van der Waals surface area contributed by atoms with Crippen molar-refractivity contribution in [1.82, 2.24) is 34.6 Å². The summed E-state index contributed by atoms with van der Waals surface area (Å²) in [5.41, 5.74) is -3.42. The van der Waals surface area contributed by atoms with Gasteiger partial charge in [0.05, 0.1) is 41.5 Å². The number of anilines is 2. The van der Waals surface area contributed by atoms with Crippen molar-refractivity contribution in [3.05, 3.63) is 77.0 Å². The number of piperidine rings is 1. The molecule has 4 aromatic rings. The van der Waals surface area contributed by atoms with Crippen LogP contribution in [0.1, 0.15) is 34.5 Å². The summed E-state index contributed by atoms with van der Waals surface area (Å²) < 4.78 is 82.6. The third-order valence-corrected chi connectivity index (χ3v) is 9.21. The van der Waals surface area contributed by atoms with E-state index in [0.717, 1.165) is 30.9 Å². The maximum Gasteiger partial charge on any atom is 0.419 e. The van der Waals surface area contributed by atoms with Crippen LogP contribution in [0.5, 0.6) is 0 Å². The van der Waals surface area contributed by atoms with E-state index < -0.39 is 54.1 Å². The van der Waals surface area contributed by atoms with Crippen molar-refractivity contribution >= 4 is 29.1 Å². The van der Waals surface area contributed by atoms with Crippen LogP contribution in [-0.2, 0) is 6.54 Å². The number of fused-ring (bicyclic) bond motifs is 1. The Morgan fingerprint density at radius 2 is 1.88 bits per heavy atom. The number of hydrogen-bond donors (Lipinski definition) is 2. The van der Waals surface area contributed by atoms with Gasteiger partial charge in [0.2, 0.25) is 5.95 Å². The van der Waals surface area contributed by atoms with Gasteiger partial charge in [0.15, 0.2) is 11.4 Å². The number of rotatable bonds is 9. The monoisotopic (exact) mass is 693 g/mol. The van der Waals surface area contributed by atoms with E-state index >= 15 is 0 Å². The molecule has 18 heteroatoms. The van der Waals surface area contributed by atoms with Gasteiger partial charge in [-0.2, -0.15) is 18.3 Å². The fourth-order valence-electron chi connectivity index (χ4n) is 6.38. The molecule has 48 heavy (non-hydrogen) atoms. The van der Waals surface area contributed by atoms with Crippen molar-refractivity contribution < 1.29 is 36.2 Å². The number of β-amino-alcohol motifs (C(OH)–C–C–N with tert-alkyl or cyclic N) is 1. The number of nitrogens with one attached hydrogen (secondary N) is 1. The molecule has 0 bridgehead atoms. The lowest BCUT2D eigenvalue weighted by molar-refractivity contribution is -0.301. The standard InChI is InChI=1S/C30H26ClF6N9O2/c31-20-2-1-18(26(33)34)24(25(20)32)21-7-38-8-22(43-21)27(47)42-17-6-41-45(11-17)9-15-4-39-28(40-5-15)46-10-16-3-19(16)23(46)12-44-13-29(48,14-44)30(35,36)37/h1-2,4-8,11,16,19,23,26,48H,3,9-10,12-14H2,(H,42,47)/t16-,19-,23-/m1/s1. The van der Waals surface area contributed by atoms with Crippen molar-refractivity contribution in [2.75, 3.05) is 36.4 Å². The van der Waals surface area contributed by atoms with E-state index in [-0.39, 0.29) is 34.7 Å². The van der Waals surface area contributed by atoms with E-state index in [0.29, 0.717) is 36.4 Å². The quantitative estimate of drug-likeness (QED) is 0.242. The predicted octanol–water partition coefficient (Wildman–Crippen LogP) is 4.59. The maximum absolute atomic E-state index is 14.7. The molecule has 7 rings (SSSR count). The molecule has 11 nitrogen and oxygen atoms in total. The Bertz CT molecular complexity index is 1850. The molecule has 0 radical (unpaired) electrons. The van der Waals surface area contributed by atoms with Crippen LogP contribution in [0, 0.1) is 17.7 Å². The molecule has 3 aliphatic rings. The first-order valence-electron chi connectivity index (χ1n) is 14.8. The highest BCUT2D eigenvalue weighted by atomic mass is 35.5. The number of halogens is 7. The van der Waals surface area contributed by atoms with Crippen LogP contribution in [-0.4, -0.2) is 89.6 Å². The predicted molar refractivity (Wildman–Crippen MR) is 159 cm³/mol. The normalized spacial score (nSPS) is 21.7. The summed E-state index contributed by atoms with van der Waals surface area (Å²) in [5, 5.41) is 16.2. The molecule has 3 aromatic heterocycles. The number of benzene rings is 1. The van der Waals surface area contributed by atoms with Gasteiger partial charge in [-0.25, -0.2) is 28.1 Å². The molecule has 5 heterocycles. The molecule has 252 valence electrons. The summed E-state index contributed by atoms with van der Waals surface area (Å²) in [6, 6.07) is 1.95. The van der Waals surface area contributed by atoms with Crippen LogP contribution >= 0.6 is 11.6 Å². The fraction of sp³-hybridized carbons (Fsp3) is 0.400. The minimum Gasteiger partial charge on any atom is -0.378 e. The summed E-state index contributed by atoms with van der Waals surface area (Å²) in [7, 11) is 0. The van der Waals surface area contributed by atoms with Crippen LogP contribution in [0.15, 0.2) is 49.3 Å². The maximum atomic E-state index is 14.7. The smallest absolute Gasteiger partial charge is 0.378 e. The second-order valence-corrected chi connectivity index (χ2v) is 12.7. The van der Waals surface area contributed by atoms with Crippen molar-refractivity contribution in [3.8, 4) is 11.3 Å². The lowest BCUT2D eigenvalue weighted by Gasteiger charge is -2.48. The molecular formula is C30H26ClF6N9O2. The molecule has 2 saturated heterocycles. The fourth-order valence-corrected chi connectivity index (χ4v) is 6.54. The van der Waals surface area contributed by atoms with Gasteiger partial charge in [-0.3, -0.25) is 19.4 Å². The van der Waals surface area contributed by atoms with E-state index in [1.165, 1.54) is 17.1 Å². The highest BCUT2D eigenvalue weighted by Crippen LogP contribution is 2.51. The number of likely N-dealkylation sites (tertiary alicyclic amines) is 1. The van der Waals surface area contributed by atoms with Crippen molar-refractivity contribution in [2.24, 2.45) is 11.8 Å². The zero-order valence-electron chi connectivity index (χ0n) is 24.7. The Morgan fingerprint density at radius 3 is 2.58 bits per heavy atom. The van der Waals surface area contributed by atoms with Crippen LogP contribution in [0.2, 0.25) is 5.02 Å². The van der Waals surface area contributed by atoms with Gasteiger partial charge in [-0.1, -0.05) is 17.7 Å². The molecule has 3 atom stereocenters. The summed E-state index contributed by atoms with van der Waals surface area (Å²) in [5.74, 6) is -0.575. The number of aliphatic hydroxyl groups is 1. The van der Waals surface area contributed by atoms with Gasteiger partial charge in [-0.05, 0) is 24.3 Å². The lowest BCUT2D eigenvalue weighted by atomic mass is 9.92. The minimum atomic E-state index is -4.66. The summed E-state index contributed by atoms with van der Waals surface area (Å²) in [6.07, 6.45) is 1.65. The Labute approximate surface area is 273 Å². The number of aromatic nitrogens is 6. The molecule has 0 spiro atoms. The van der Waals surface area contributed by atoms with Gasteiger partial charge in [-0.15, -0.1) is 0 Å². The summed E-state index contributed by atoms with van der Waals surface area (Å²) >= 11 is 5.80. The highest BCUT2D eigenvalue weighted by molar-refractivity contribution is 6.31. The lowest BCUT2D eigenvalue weighted by Crippen LogP contribution is -2.70. The van der Waals surface area contributed by atoms with E-state index in [1.54, 1.807) is 17.3 Å². The van der Waals surface area contributed by atoms with Gasteiger partial charge >= 0.3 is 6.18 Å². The Hall–Kier alpha value is -4.35. The van der Waals surface area contributed by atoms with Gasteiger partial charge in [0.1, 0.15) is 5.69 Å². The van der Waals surface area contributed by atoms with Crippen molar-refractivity contribution in [1.29, 1.82) is 0 Å². The van der Waals surface area contributed by atoms with E-state index in [1.807, 2.05) is 4.90 Å². The molecule has 2 aliphatic heterocycles. The summed E-state index contributed by atoms with van der Waals surface area (Å²) in [6.45, 7) is 0.443. The van der Waals surface area contributed by atoms with Crippen LogP contribution in [0.3, 0.4) is 0 Å². The SMILES string of the molecule is O=C(Nc1cnn(Cc2cnc(N3C[C@H]4C[C@H]4[C@H]3CN3CC(O)(C(F)(F)F)C3)nc2)c1)c1cncc(-c2c(C(F)F)ccc(Cl)c2F)n1. The first-order chi connectivity index (χ1) is 22.8. The molecule has 1 aromatic carbocycles. The number of carbonyl (C=O) groups excluding carboxylic acids is 1. The summed E-state index contributed by atoms with van der Waals surface area (Å²) in [4.78, 5) is 33.4. The zero-order valence-corrected chi connectivity index (χ0v) is 25.5. The van der Waals surface area contributed by atoms with Crippen LogP contribution in [0.4, 0.5) is 38.0 Å². The average Bonchev–Trinajstić information content (AvgIpc) is 3.52. The molecule has 3 fully saturated rings. The van der Waals surface area contributed by atoms with E-state index in [9.17, 15) is 36.2 Å². The Morgan fingerprint density at radius 1 is 1.12 bits per heavy atom. The molecule has 0 unspecified atom stereocenters. The van der Waals surface area contributed by atoms with Gasteiger partial charge < -0.3 is 15.3 Å². The molecular weight excluding hydrogens is 668 g/mol. The Balaban J connectivity index is 0.977. The largest absolute Gasteiger partial charge is 0.419 e. The van der Waals surface area contributed by atoms with Crippen molar-refractivity contribution in [3.63, 3.8) is 0 Å². The first kappa shape index (κ1) is 32.2. The molecule has 1 amide bonds. The van der Waals surface area contributed by atoms with Gasteiger partial charge in [0, 0.05) is 67.5 Å². The highest BCUT2D eigenvalue weighted by Gasteiger charge is 2.62. The number of amides is 1. The number of carbonyl (C=O) groups is 1. The van der Waals surface area contributed by atoms with E-state index in [4.69, 9.17) is 11.6 Å². The minimum absolute atomic E-state index is 0.0443. The zero-order chi connectivity index (χ0) is 34.0. The van der Waals surface area contributed by atoms with E-state index in [2.05, 4.69) is 30.4 Å². The Kier molecular flexibility index (Phi) is 8.03. The number of alkyl halides is 5. The second kappa shape index (κ2) is 12.0. The molecule has 1 saturated carbocycles. The topological polar surface area (TPSA) is 125 Å². The molecule has 1 aliphatic carbocycles. The van der Waals surface area contributed by atoms with Crippen LogP contribution in [0.25, 0.3) is 11.3 Å². The molecule has 2 N–H and O–H groups in total. The number of nitrogens with zero attached hydrogens (tertiary/aromatic N) is 8. The van der Waals surface area contributed by atoms with Crippen LogP contribution < -0.4 is 10.2 Å². The third kappa shape index (κ3) is 6.05. The first-order valence-corrected chi connectivity index (χ1v) is 15.2. The third-order valence-electron chi connectivity index (χ3n) is 8.92.